The summed E-state index contributed by atoms with van der Waals surface area (Å²) in [7, 11) is 0. The van der Waals surface area contributed by atoms with E-state index >= 15 is 0 Å². The van der Waals surface area contributed by atoms with E-state index in [4.69, 9.17) is 47.4 Å². The molecule has 0 fully saturated rings. The van der Waals surface area contributed by atoms with Crippen LogP contribution in [0.2, 0.25) is 0 Å². The Morgan fingerprint density at radius 1 is 0.360 bits per heavy atom. The molecule has 12 nitrogen and oxygen atoms in total. The first-order chi connectivity index (χ1) is 23.5. The van der Waals surface area contributed by atoms with E-state index in [0.29, 0.717) is 112 Å². The van der Waals surface area contributed by atoms with Gasteiger partial charge in [-0.25, -0.2) is 0 Å². The summed E-state index contributed by atoms with van der Waals surface area (Å²) in [5.41, 5.74) is -0.505. The minimum absolute atomic E-state index is 0.0313. The zero-order chi connectivity index (χ0) is 37.6. The van der Waals surface area contributed by atoms with E-state index in [0.717, 1.165) is 39.0 Å². The molecule has 0 aliphatic carbocycles. The lowest BCUT2D eigenvalue weighted by Gasteiger charge is -2.47. The normalized spacial score (nSPS) is 13.2. The first kappa shape index (κ1) is 49.5. The number of unbranched alkanes of at least 4 members (excludes halogenated alkanes) is 1. The van der Waals surface area contributed by atoms with Crippen molar-refractivity contribution in [1.29, 1.82) is 0 Å². The van der Waals surface area contributed by atoms with Crippen LogP contribution in [0.3, 0.4) is 0 Å². The molecule has 0 spiro atoms. The van der Waals surface area contributed by atoms with Gasteiger partial charge in [-0.15, -0.1) is 0 Å². The minimum atomic E-state index is -0.224. The van der Waals surface area contributed by atoms with Crippen LogP contribution >= 0.6 is 0 Å². The minimum Gasteiger partial charge on any atom is -0.379 e. The monoisotopic (exact) mass is 725 g/mol. The maximum Gasteiger partial charge on any atom is 0.0707 e. The summed E-state index contributed by atoms with van der Waals surface area (Å²) in [4.78, 5) is 2.43. The molecule has 0 aromatic carbocycles. The van der Waals surface area contributed by atoms with E-state index in [9.17, 15) is 0 Å². The van der Waals surface area contributed by atoms with Crippen LogP contribution in [0.1, 0.15) is 95.4 Å². The molecule has 0 unspecified atom stereocenters. The predicted octanol–water partition coefficient (Wildman–Crippen LogP) is 5.35. The van der Waals surface area contributed by atoms with Crippen molar-refractivity contribution < 1.29 is 47.4 Å². The van der Waals surface area contributed by atoms with Crippen LogP contribution in [0.25, 0.3) is 0 Å². The highest BCUT2D eigenvalue weighted by Crippen LogP contribution is 2.22. The van der Waals surface area contributed by atoms with E-state index in [1.807, 2.05) is 41.5 Å². The molecular formula is C38H80N2O10. The van der Waals surface area contributed by atoms with Gasteiger partial charge in [0, 0.05) is 45.1 Å². The molecule has 0 rings (SSSR count). The van der Waals surface area contributed by atoms with Crippen LogP contribution in [0.15, 0.2) is 0 Å². The predicted molar refractivity (Wildman–Crippen MR) is 200 cm³/mol. The molecule has 0 bridgehead atoms. The molecule has 0 saturated heterocycles. The first-order valence-corrected chi connectivity index (χ1v) is 19.0. The van der Waals surface area contributed by atoms with Crippen LogP contribution < -0.4 is 5.32 Å². The third kappa shape index (κ3) is 34.6. The SMILES string of the molecule is CC(C)(C)OCCOCCOCCCCOCCOCCNC(C)(C)N(CCOCCOCCCOCCOCCOC(C)(C)C)C(C)(C)C. The maximum atomic E-state index is 5.91. The highest BCUT2D eigenvalue weighted by atomic mass is 16.6. The average Bonchev–Trinajstić information content (AvgIpc) is 3.00. The number of nitrogens with one attached hydrogen (secondary N) is 1. The lowest BCUT2D eigenvalue weighted by molar-refractivity contribution is -0.0437. The number of rotatable bonds is 35. The number of ether oxygens (including phenoxy) is 10. The standard InChI is InChI=1S/C38H80N2O10/c1-35(2,3)40(16-22-46-28-24-43-19-14-20-44-26-30-48-32-34-50-37(7,8)9)38(10,11)39-15-21-45-27-23-41-17-12-13-18-42-25-29-47-31-33-49-36(4,5)6/h39H,12-34H2,1-11H3. The second kappa shape index (κ2) is 29.9. The summed E-state index contributed by atoms with van der Waals surface area (Å²) >= 11 is 0. The molecule has 0 heterocycles. The Labute approximate surface area is 307 Å². The maximum absolute atomic E-state index is 5.91. The molecular weight excluding hydrogens is 644 g/mol. The van der Waals surface area contributed by atoms with Gasteiger partial charge in [0.2, 0.25) is 0 Å². The van der Waals surface area contributed by atoms with Gasteiger partial charge in [0.05, 0.1) is 109 Å². The van der Waals surface area contributed by atoms with Crippen LogP contribution in [0.4, 0.5) is 0 Å². The van der Waals surface area contributed by atoms with Gasteiger partial charge in [-0.3, -0.25) is 10.2 Å². The highest BCUT2D eigenvalue weighted by molar-refractivity contribution is 4.88. The molecule has 12 heteroatoms. The second-order valence-electron chi connectivity index (χ2n) is 15.7. The highest BCUT2D eigenvalue weighted by Gasteiger charge is 2.34. The van der Waals surface area contributed by atoms with Crippen molar-refractivity contribution in [3.63, 3.8) is 0 Å². The fourth-order valence-electron chi connectivity index (χ4n) is 4.91. The molecule has 50 heavy (non-hydrogen) atoms. The van der Waals surface area contributed by atoms with Crippen molar-refractivity contribution in [2.24, 2.45) is 0 Å². The fraction of sp³-hybridized carbons (Fsp3) is 1.00. The summed E-state index contributed by atoms with van der Waals surface area (Å²) in [6.07, 6.45) is 2.79. The average molecular weight is 725 g/mol. The van der Waals surface area contributed by atoms with Crippen molar-refractivity contribution in [3.8, 4) is 0 Å². The van der Waals surface area contributed by atoms with Gasteiger partial charge in [0.25, 0.3) is 0 Å². The molecule has 302 valence electrons. The second-order valence-corrected chi connectivity index (χ2v) is 15.7. The van der Waals surface area contributed by atoms with Gasteiger partial charge in [-0.2, -0.15) is 0 Å². The quantitative estimate of drug-likeness (QED) is 0.0673. The van der Waals surface area contributed by atoms with Crippen molar-refractivity contribution in [2.45, 2.75) is 118 Å². The van der Waals surface area contributed by atoms with Crippen molar-refractivity contribution in [2.75, 3.05) is 132 Å². The Kier molecular flexibility index (Phi) is 29.6. The van der Waals surface area contributed by atoms with Crippen LogP contribution in [-0.4, -0.2) is 159 Å². The number of hydrogen-bond donors (Lipinski definition) is 1. The van der Waals surface area contributed by atoms with Crippen LogP contribution in [0, 0.1) is 0 Å². The first-order valence-electron chi connectivity index (χ1n) is 19.0. The summed E-state index contributed by atoms with van der Waals surface area (Å²) < 4.78 is 56.6. The van der Waals surface area contributed by atoms with Crippen molar-refractivity contribution in [3.05, 3.63) is 0 Å². The largest absolute Gasteiger partial charge is 0.379 e. The zero-order valence-electron chi connectivity index (χ0n) is 34.3. The van der Waals surface area contributed by atoms with E-state index in [1.54, 1.807) is 0 Å². The molecule has 0 aromatic rings. The van der Waals surface area contributed by atoms with Crippen LogP contribution in [0.5, 0.6) is 0 Å². The lowest BCUT2D eigenvalue weighted by atomic mass is 10.0. The summed E-state index contributed by atoms with van der Waals surface area (Å²) in [5.74, 6) is 0. The van der Waals surface area contributed by atoms with Gasteiger partial charge in [0.15, 0.2) is 0 Å². The molecule has 0 aromatic heterocycles. The summed E-state index contributed by atoms with van der Waals surface area (Å²) in [6.45, 7) is 36.0. The van der Waals surface area contributed by atoms with Gasteiger partial charge in [-0.05, 0) is 95.4 Å². The Hall–Kier alpha value is -0.480. The Balaban J connectivity index is 3.73. The Morgan fingerprint density at radius 2 is 0.680 bits per heavy atom. The lowest BCUT2D eigenvalue weighted by Crippen LogP contribution is -2.62. The summed E-state index contributed by atoms with van der Waals surface area (Å²) in [5, 5.41) is 3.65. The Morgan fingerprint density at radius 3 is 1.06 bits per heavy atom. The topological polar surface area (TPSA) is 108 Å². The van der Waals surface area contributed by atoms with Gasteiger partial charge in [0.1, 0.15) is 0 Å². The Bertz CT molecular complexity index is 739. The number of nitrogens with zero attached hydrogens (tertiary/aromatic N) is 1. The molecule has 0 radical (unpaired) electrons. The van der Waals surface area contributed by atoms with E-state index in [-0.39, 0.29) is 22.4 Å². The molecule has 0 atom stereocenters. The van der Waals surface area contributed by atoms with Crippen LogP contribution in [-0.2, 0) is 47.4 Å². The zero-order valence-corrected chi connectivity index (χ0v) is 34.3. The van der Waals surface area contributed by atoms with Gasteiger partial charge >= 0.3 is 0 Å². The third-order valence-electron chi connectivity index (χ3n) is 7.17. The van der Waals surface area contributed by atoms with E-state index in [1.165, 1.54) is 0 Å². The van der Waals surface area contributed by atoms with Gasteiger partial charge < -0.3 is 47.4 Å². The third-order valence-corrected chi connectivity index (χ3v) is 7.17. The molecule has 1 N–H and O–H groups in total. The summed E-state index contributed by atoms with van der Waals surface area (Å²) in [6, 6.07) is 0. The van der Waals surface area contributed by atoms with E-state index < -0.39 is 0 Å². The number of hydrogen-bond acceptors (Lipinski definition) is 12. The van der Waals surface area contributed by atoms with Crippen molar-refractivity contribution in [1.82, 2.24) is 10.2 Å². The molecule has 0 amide bonds. The van der Waals surface area contributed by atoms with E-state index in [2.05, 4.69) is 44.8 Å². The fourth-order valence-corrected chi connectivity index (χ4v) is 4.91. The van der Waals surface area contributed by atoms with Crippen molar-refractivity contribution >= 4 is 0 Å². The molecule has 0 saturated carbocycles. The smallest absolute Gasteiger partial charge is 0.0707 e. The molecule has 0 aliphatic heterocycles. The van der Waals surface area contributed by atoms with Gasteiger partial charge in [-0.1, -0.05) is 0 Å². The molecule has 0 aliphatic rings.